The summed E-state index contributed by atoms with van der Waals surface area (Å²) in [5.74, 6) is -0.551. The van der Waals surface area contributed by atoms with Gasteiger partial charge in [-0.2, -0.15) is 5.10 Å². The average Bonchev–Trinajstić information content (AvgIpc) is 3.51. The topological polar surface area (TPSA) is 90.7 Å². The third kappa shape index (κ3) is 3.75. The second-order valence-corrected chi connectivity index (χ2v) is 9.38. The van der Waals surface area contributed by atoms with E-state index in [1.807, 2.05) is 0 Å². The van der Waals surface area contributed by atoms with Crippen molar-refractivity contribution in [1.82, 2.24) is 9.78 Å². The number of alkyl halides is 2. The van der Waals surface area contributed by atoms with Crippen molar-refractivity contribution in [3.8, 4) is 5.75 Å². The highest BCUT2D eigenvalue weighted by Crippen LogP contribution is 2.48. The summed E-state index contributed by atoms with van der Waals surface area (Å²) in [4.78, 5) is 12.5. The molecule has 4 rings (SSSR count). The molecule has 0 amide bonds. The van der Waals surface area contributed by atoms with E-state index >= 15 is 0 Å². The minimum atomic E-state index is -4.18. The monoisotopic (exact) mass is 455 g/mol. The fourth-order valence-corrected chi connectivity index (χ4v) is 5.73. The summed E-state index contributed by atoms with van der Waals surface area (Å²) >= 11 is 0. The molecule has 2 heterocycles. The van der Waals surface area contributed by atoms with Crippen LogP contribution in [0.5, 0.6) is 5.75 Å². The van der Waals surface area contributed by atoms with Crippen molar-refractivity contribution in [3.05, 3.63) is 36.0 Å². The molecule has 1 fully saturated rings. The molecule has 0 spiro atoms. The highest BCUT2D eigenvalue weighted by molar-refractivity contribution is 7.92. The maximum atomic E-state index is 13.9. The van der Waals surface area contributed by atoms with Gasteiger partial charge in [0, 0.05) is 0 Å². The molecule has 31 heavy (non-hydrogen) atoms. The van der Waals surface area contributed by atoms with Crippen LogP contribution in [0.1, 0.15) is 42.6 Å². The Bertz CT molecular complexity index is 1070. The third-order valence-corrected chi connectivity index (χ3v) is 7.47. The van der Waals surface area contributed by atoms with Gasteiger partial charge < -0.3 is 9.47 Å². The first kappa shape index (κ1) is 21.5. The molecule has 1 aliphatic carbocycles. The zero-order valence-electron chi connectivity index (χ0n) is 17.1. The van der Waals surface area contributed by atoms with Crippen LogP contribution < -0.4 is 9.04 Å². The van der Waals surface area contributed by atoms with E-state index in [0.29, 0.717) is 5.75 Å². The first-order chi connectivity index (χ1) is 14.8. The van der Waals surface area contributed by atoms with Crippen molar-refractivity contribution in [2.75, 3.05) is 18.0 Å². The Morgan fingerprint density at radius 3 is 2.48 bits per heavy atom. The number of hydrogen-bond acceptors (Lipinski definition) is 6. The first-order valence-electron chi connectivity index (χ1n) is 10.0. The van der Waals surface area contributed by atoms with Gasteiger partial charge in [-0.15, -0.1) is 0 Å². The highest BCUT2D eigenvalue weighted by atomic mass is 32.2. The zero-order chi connectivity index (χ0) is 22.3. The maximum absolute atomic E-state index is 13.9. The van der Waals surface area contributed by atoms with Crippen LogP contribution in [-0.4, -0.2) is 50.4 Å². The van der Waals surface area contributed by atoms with Gasteiger partial charge in [-0.1, -0.05) is 0 Å². The Kier molecular flexibility index (Phi) is 5.63. The molecule has 1 aliphatic heterocycles. The summed E-state index contributed by atoms with van der Waals surface area (Å²) < 4.78 is 67.4. The van der Waals surface area contributed by atoms with E-state index in [2.05, 4.69) is 5.10 Å². The molecule has 11 heteroatoms. The van der Waals surface area contributed by atoms with E-state index in [1.54, 1.807) is 6.92 Å². The lowest BCUT2D eigenvalue weighted by atomic mass is 10.00. The average molecular weight is 455 g/mol. The normalized spacial score (nSPS) is 21.1. The molecule has 0 radical (unpaired) electrons. The summed E-state index contributed by atoms with van der Waals surface area (Å²) in [5, 5.41) is 3.97. The van der Waals surface area contributed by atoms with Gasteiger partial charge in [0.05, 0.1) is 30.9 Å². The Morgan fingerprint density at radius 1 is 1.26 bits per heavy atom. The number of fused-ring (bicyclic) bond motifs is 1. The van der Waals surface area contributed by atoms with E-state index in [-0.39, 0.29) is 35.2 Å². The van der Waals surface area contributed by atoms with E-state index in [0.717, 1.165) is 28.0 Å². The second-order valence-electron chi connectivity index (χ2n) is 7.57. The molecule has 1 aromatic heterocycles. The number of halogens is 2. The standard InChI is InChI=1S/C20H23F2N3O5S/c1-3-30-20(26)15-11-23-24-17(18(21)22)10-16(12-4-5-12)25(19(15)24)31(27,28)14-8-6-13(29-2)7-9-14/h6-9,11-12,16-18H,3-5,10H2,1-2H3/t16-,17+/m1/s1. The fraction of sp³-hybridized carbons (Fsp3) is 0.500. The number of esters is 1. The van der Waals surface area contributed by atoms with Crippen LogP contribution in [0.15, 0.2) is 35.4 Å². The van der Waals surface area contributed by atoms with Gasteiger partial charge in [0.2, 0.25) is 0 Å². The highest BCUT2D eigenvalue weighted by Gasteiger charge is 2.50. The molecule has 2 atom stereocenters. The van der Waals surface area contributed by atoms with Crippen LogP contribution in [-0.2, 0) is 14.8 Å². The van der Waals surface area contributed by atoms with Crippen LogP contribution in [0.4, 0.5) is 14.6 Å². The lowest BCUT2D eigenvalue weighted by Crippen LogP contribution is -2.49. The van der Waals surface area contributed by atoms with Gasteiger partial charge in [-0.3, -0.25) is 0 Å². The quantitative estimate of drug-likeness (QED) is 0.596. The molecule has 0 bridgehead atoms. The molecular weight excluding hydrogens is 432 g/mol. The Balaban J connectivity index is 1.89. The second kappa shape index (κ2) is 8.10. The summed E-state index contributed by atoms with van der Waals surface area (Å²) in [7, 11) is -2.72. The number of benzene rings is 1. The summed E-state index contributed by atoms with van der Waals surface area (Å²) in [6.45, 7) is 1.66. The van der Waals surface area contributed by atoms with Crippen molar-refractivity contribution < 1.29 is 31.5 Å². The van der Waals surface area contributed by atoms with Gasteiger partial charge in [0.1, 0.15) is 17.4 Å². The maximum Gasteiger partial charge on any atom is 0.343 e. The van der Waals surface area contributed by atoms with E-state index in [9.17, 15) is 22.0 Å². The van der Waals surface area contributed by atoms with Crippen LogP contribution >= 0.6 is 0 Å². The van der Waals surface area contributed by atoms with Gasteiger partial charge in [0.25, 0.3) is 16.4 Å². The number of methoxy groups -OCH3 is 1. The molecule has 2 aromatic rings. The van der Waals surface area contributed by atoms with Crippen LogP contribution in [0.2, 0.25) is 0 Å². The van der Waals surface area contributed by atoms with Crippen molar-refractivity contribution >= 4 is 21.8 Å². The molecule has 0 saturated heterocycles. The van der Waals surface area contributed by atoms with Gasteiger partial charge in [-0.25, -0.2) is 31.0 Å². The molecule has 0 N–H and O–H groups in total. The summed E-state index contributed by atoms with van der Waals surface area (Å²) in [6.07, 6.45) is -0.278. The number of hydrogen-bond donors (Lipinski definition) is 0. The number of sulfonamides is 1. The van der Waals surface area contributed by atoms with Crippen molar-refractivity contribution in [2.24, 2.45) is 5.92 Å². The predicted molar refractivity (Wildman–Crippen MR) is 107 cm³/mol. The number of nitrogens with zero attached hydrogens (tertiary/aromatic N) is 3. The van der Waals surface area contributed by atoms with Crippen LogP contribution in [0.3, 0.4) is 0 Å². The molecular formula is C20H23F2N3O5S. The SMILES string of the molecule is CCOC(=O)c1cnn2c1N(S(=O)(=O)c1ccc(OC)cc1)[C@@H](C1CC1)C[C@H]2C(F)F. The Labute approximate surface area is 178 Å². The van der Waals surface area contributed by atoms with Crippen molar-refractivity contribution in [1.29, 1.82) is 0 Å². The number of rotatable bonds is 7. The largest absolute Gasteiger partial charge is 0.497 e. The van der Waals surface area contributed by atoms with Gasteiger partial charge >= 0.3 is 5.97 Å². The first-order valence-corrected chi connectivity index (χ1v) is 11.4. The van der Waals surface area contributed by atoms with E-state index in [4.69, 9.17) is 9.47 Å². The smallest absolute Gasteiger partial charge is 0.343 e. The lowest BCUT2D eigenvalue weighted by molar-refractivity contribution is 0.0518. The number of ether oxygens (including phenoxy) is 2. The fourth-order valence-electron chi connectivity index (χ4n) is 4.00. The molecule has 0 unspecified atom stereocenters. The van der Waals surface area contributed by atoms with Gasteiger partial charge in [-0.05, 0) is 56.4 Å². The minimum Gasteiger partial charge on any atom is -0.497 e. The number of carbonyl (C=O) groups excluding carboxylic acids is 1. The van der Waals surface area contributed by atoms with Crippen molar-refractivity contribution in [3.63, 3.8) is 0 Å². The van der Waals surface area contributed by atoms with Crippen LogP contribution in [0.25, 0.3) is 0 Å². The summed E-state index contributed by atoms with van der Waals surface area (Å²) in [5.41, 5.74) is -0.144. The van der Waals surface area contributed by atoms with E-state index < -0.39 is 34.5 Å². The summed E-state index contributed by atoms with van der Waals surface area (Å²) in [6, 6.07) is 3.77. The van der Waals surface area contributed by atoms with Crippen molar-refractivity contribution in [2.45, 2.75) is 49.6 Å². The Morgan fingerprint density at radius 2 is 1.94 bits per heavy atom. The lowest BCUT2D eigenvalue weighted by Gasteiger charge is -2.40. The number of carbonyl (C=O) groups is 1. The van der Waals surface area contributed by atoms with Crippen LogP contribution in [0, 0.1) is 5.92 Å². The molecule has 1 saturated carbocycles. The predicted octanol–water partition coefficient (Wildman–Crippen LogP) is 3.25. The Hall–Kier alpha value is -2.69. The van der Waals surface area contributed by atoms with E-state index in [1.165, 1.54) is 31.4 Å². The molecule has 8 nitrogen and oxygen atoms in total. The number of aromatic nitrogens is 2. The molecule has 168 valence electrons. The third-order valence-electron chi connectivity index (χ3n) is 5.64. The molecule has 2 aliphatic rings. The molecule has 1 aromatic carbocycles. The number of anilines is 1. The minimum absolute atomic E-state index is 0.0306. The zero-order valence-corrected chi connectivity index (χ0v) is 17.9. The van der Waals surface area contributed by atoms with Gasteiger partial charge in [0.15, 0.2) is 5.82 Å².